The maximum Gasteiger partial charge on any atom is 0.272 e. The number of anilines is 1. The lowest BCUT2D eigenvalue weighted by atomic mass is 10.3. The van der Waals surface area contributed by atoms with Crippen LogP contribution in [0.25, 0.3) is 11.1 Å². The number of aromatic nitrogens is 1. The molecule has 108 valence electrons. The average molecular weight is 286 g/mol. The Morgan fingerprint density at radius 2 is 2.10 bits per heavy atom. The molecular weight excluding hydrogens is 272 g/mol. The molecule has 6 heteroatoms. The van der Waals surface area contributed by atoms with E-state index in [2.05, 4.69) is 10.3 Å². The third-order valence-corrected chi connectivity index (χ3v) is 2.96. The van der Waals surface area contributed by atoms with Crippen molar-refractivity contribution in [2.24, 2.45) is 0 Å². The number of rotatable bonds is 5. The molecule has 2 heterocycles. The standard InChI is InChI=1S/C15H14N2O4/c18-6-8-20-11-3-1-10(2-4-11)16-15(19)13-9-14-12(17-13)5-7-21-14/h1-5,7,9,17-18H,6,8H2,(H,16,19). The van der Waals surface area contributed by atoms with Gasteiger partial charge in [0.15, 0.2) is 5.58 Å². The molecule has 0 fully saturated rings. The minimum atomic E-state index is -0.245. The van der Waals surface area contributed by atoms with Crippen molar-refractivity contribution < 1.29 is 19.1 Å². The Hall–Kier alpha value is -2.73. The van der Waals surface area contributed by atoms with E-state index in [0.717, 1.165) is 5.52 Å². The molecular formula is C15H14N2O4. The molecule has 0 saturated carbocycles. The largest absolute Gasteiger partial charge is 0.491 e. The molecule has 2 aromatic heterocycles. The fraction of sp³-hybridized carbons (Fsp3) is 0.133. The van der Waals surface area contributed by atoms with Crippen molar-refractivity contribution in [3.8, 4) is 5.75 Å². The first-order chi connectivity index (χ1) is 10.3. The quantitative estimate of drug-likeness (QED) is 0.672. The number of aromatic amines is 1. The zero-order valence-corrected chi connectivity index (χ0v) is 11.1. The number of aliphatic hydroxyl groups excluding tert-OH is 1. The molecule has 1 amide bonds. The number of hydrogen-bond donors (Lipinski definition) is 3. The van der Waals surface area contributed by atoms with E-state index in [9.17, 15) is 4.79 Å². The smallest absolute Gasteiger partial charge is 0.272 e. The van der Waals surface area contributed by atoms with E-state index in [0.29, 0.717) is 22.7 Å². The first kappa shape index (κ1) is 13.3. The highest BCUT2D eigenvalue weighted by Crippen LogP contribution is 2.19. The number of aliphatic hydroxyl groups is 1. The van der Waals surface area contributed by atoms with Gasteiger partial charge in [0.1, 0.15) is 18.1 Å². The van der Waals surface area contributed by atoms with Crippen LogP contribution in [-0.2, 0) is 0 Å². The summed E-state index contributed by atoms with van der Waals surface area (Å²) < 4.78 is 10.5. The van der Waals surface area contributed by atoms with E-state index in [1.807, 2.05) is 0 Å². The minimum Gasteiger partial charge on any atom is -0.491 e. The molecule has 21 heavy (non-hydrogen) atoms. The zero-order chi connectivity index (χ0) is 14.7. The minimum absolute atomic E-state index is 0.0352. The van der Waals surface area contributed by atoms with Gasteiger partial charge in [0.05, 0.1) is 18.4 Å². The molecule has 0 saturated heterocycles. The third-order valence-electron chi connectivity index (χ3n) is 2.96. The summed E-state index contributed by atoms with van der Waals surface area (Å²) >= 11 is 0. The van der Waals surface area contributed by atoms with Gasteiger partial charge in [-0.2, -0.15) is 0 Å². The summed E-state index contributed by atoms with van der Waals surface area (Å²) in [6.07, 6.45) is 1.56. The zero-order valence-electron chi connectivity index (χ0n) is 11.1. The predicted octanol–water partition coefficient (Wildman–Crippen LogP) is 2.38. The summed E-state index contributed by atoms with van der Waals surface area (Å²) in [6.45, 7) is 0.208. The van der Waals surface area contributed by atoms with Crippen molar-refractivity contribution in [2.45, 2.75) is 0 Å². The number of ether oxygens (including phenoxy) is 1. The molecule has 0 aliphatic carbocycles. The summed E-state index contributed by atoms with van der Waals surface area (Å²) in [5, 5.41) is 11.5. The van der Waals surface area contributed by atoms with Crippen LogP contribution in [0.3, 0.4) is 0 Å². The Morgan fingerprint density at radius 1 is 1.29 bits per heavy atom. The van der Waals surface area contributed by atoms with Crippen LogP contribution in [0.15, 0.2) is 47.1 Å². The summed E-state index contributed by atoms with van der Waals surface area (Å²) in [4.78, 5) is 15.1. The number of nitrogens with one attached hydrogen (secondary N) is 2. The maximum atomic E-state index is 12.1. The van der Waals surface area contributed by atoms with E-state index in [-0.39, 0.29) is 19.1 Å². The van der Waals surface area contributed by atoms with Crippen LogP contribution >= 0.6 is 0 Å². The van der Waals surface area contributed by atoms with Crippen LogP contribution in [0, 0.1) is 0 Å². The Balaban J connectivity index is 1.68. The molecule has 0 spiro atoms. The van der Waals surface area contributed by atoms with Gasteiger partial charge in [-0.1, -0.05) is 0 Å². The number of carbonyl (C=O) groups excluding carboxylic acids is 1. The number of carbonyl (C=O) groups is 1. The van der Waals surface area contributed by atoms with Crippen molar-refractivity contribution >= 4 is 22.7 Å². The van der Waals surface area contributed by atoms with Gasteiger partial charge in [0.25, 0.3) is 5.91 Å². The Labute approximate surface area is 120 Å². The topological polar surface area (TPSA) is 87.5 Å². The van der Waals surface area contributed by atoms with Crippen LogP contribution in [0.1, 0.15) is 10.5 Å². The van der Waals surface area contributed by atoms with Gasteiger partial charge < -0.3 is 24.6 Å². The molecule has 0 radical (unpaired) electrons. The summed E-state index contributed by atoms with van der Waals surface area (Å²) in [6, 6.07) is 10.3. The number of hydrogen-bond acceptors (Lipinski definition) is 4. The molecule has 3 rings (SSSR count). The second-order valence-corrected chi connectivity index (χ2v) is 4.43. The van der Waals surface area contributed by atoms with Crippen molar-refractivity contribution in [1.29, 1.82) is 0 Å². The van der Waals surface area contributed by atoms with Gasteiger partial charge >= 0.3 is 0 Å². The number of furan rings is 1. The van der Waals surface area contributed by atoms with E-state index >= 15 is 0 Å². The highest BCUT2D eigenvalue weighted by molar-refractivity contribution is 6.05. The summed E-state index contributed by atoms with van der Waals surface area (Å²) in [5.41, 5.74) is 2.52. The monoisotopic (exact) mass is 286 g/mol. The Bertz CT molecular complexity index is 714. The molecule has 0 aliphatic rings. The molecule has 0 aliphatic heterocycles. The van der Waals surface area contributed by atoms with Crippen LogP contribution in [0.2, 0.25) is 0 Å². The normalized spacial score (nSPS) is 10.7. The predicted molar refractivity (Wildman–Crippen MR) is 77.5 cm³/mol. The first-order valence-electron chi connectivity index (χ1n) is 6.47. The third kappa shape index (κ3) is 2.90. The van der Waals surface area contributed by atoms with Gasteiger partial charge in [0.2, 0.25) is 0 Å². The van der Waals surface area contributed by atoms with Gasteiger partial charge in [-0.15, -0.1) is 0 Å². The van der Waals surface area contributed by atoms with Crippen molar-refractivity contribution in [1.82, 2.24) is 4.98 Å². The van der Waals surface area contributed by atoms with Crippen LogP contribution < -0.4 is 10.1 Å². The Morgan fingerprint density at radius 3 is 2.81 bits per heavy atom. The number of amides is 1. The van der Waals surface area contributed by atoms with Crippen LogP contribution in [0.5, 0.6) is 5.75 Å². The second kappa shape index (κ2) is 5.72. The highest BCUT2D eigenvalue weighted by Gasteiger charge is 2.11. The second-order valence-electron chi connectivity index (χ2n) is 4.43. The summed E-state index contributed by atoms with van der Waals surface area (Å²) in [7, 11) is 0. The highest BCUT2D eigenvalue weighted by atomic mass is 16.5. The SMILES string of the molecule is O=C(Nc1ccc(OCCO)cc1)c1cc2occc2[nH]1. The van der Waals surface area contributed by atoms with Gasteiger partial charge in [0, 0.05) is 17.8 Å². The van der Waals surface area contributed by atoms with Crippen molar-refractivity contribution in [3.63, 3.8) is 0 Å². The Kier molecular flexibility index (Phi) is 3.61. The molecule has 6 nitrogen and oxygen atoms in total. The lowest BCUT2D eigenvalue weighted by Crippen LogP contribution is -2.12. The molecule has 3 aromatic rings. The number of benzene rings is 1. The summed E-state index contributed by atoms with van der Waals surface area (Å²) in [5.74, 6) is 0.393. The van der Waals surface area contributed by atoms with E-state index in [1.165, 1.54) is 0 Å². The van der Waals surface area contributed by atoms with Crippen LogP contribution in [-0.4, -0.2) is 29.2 Å². The molecule has 1 aromatic carbocycles. The first-order valence-corrected chi connectivity index (χ1v) is 6.47. The van der Waals surface area contributed by atoms with Crippen LogP contribution in [0.4, 0.5) is 5.69 Å². The molecule has 0 unspecified atom stereocenters. The number of fused-ring (bicyclic) bond motifs is 1. The molecule has 0 bridgehead atoms. The van der Waals surface area contributed by atoms with Gasteiger partial charge in [-0.3, -0.25) is 4.79 Å². The number of H-pyrrole nitrogens is 1. The average Bonchev–Trinajstić information content (AvgIpc) is 3.07. The molecule has 0 atom stereocenters. The van der Waals surface area contributed by atoms with Gasteiger partial charge in [-0.25, -0.2) is 0 Å². The lowest BCUT2D eigenvalue weighted by Gasteiger charge is -2.06. The molecule has 3 N–H and O–H groups in total. The fourth-order valence-corrected chi connectivity index (χ4v) is 1.97. The van der Waals surface area contributed by atoms with E-state index in [1.54, 1.807) is 42.7 Å². The van der Waals surface area contributed by atoms with E-state index in [4.69, 9.17) is 14.3 Å². The fourth-order valence-electron chi connectivity index (χ4n) is 1.97. The van der Waals surface area contributed by atoms with Crippen molar-refractivity contribution in [3.05, 3.63) is 48.4 Å². The van der Waals surface area contributed by atoms with Crippen molar-refractivity contribution in [2.75, 3.05) is 18.5 Å². The lowest BCUT2D eigenvalue weighted by molar-refractivity contribution is 0.102. The van der Waals surface area contributed by atoms with Gasteiger partial charge in [-0.05, 0) is 24.3 Å². The maximum absolute atomic E-state index is 12.1. The van der Waals surface area contributed by atoms with E-state index < -0.39 is 0 Å².